The highest BCUT2D eigenvalue weighted by molar-refractivity contribution is 6.06. The Morgan fingerprint density at radius 3 is 2.65 bits per heavy atom. The van der Waals surface area contributed by atoms with Crippen LogP contribution in [0.2, 0.25) is 0 Å². The van der Waals surface area contributed by atoms with E-state index in [-0.39, 0.29) is 17.9 Å². The molecule has 0 N–H and O–H groups in total. The molecule has 0 saturated carbocycles. The predicted octanol–water partition coefficient (Wildman–Crippen LogP) is 1.31. The van der Waals surface area contributed by atoms with E-state index in [2.05, 4.69) is 0 Å². The molecule has 17 heavy (non-hydrogen) atoms. The molecule has 90 valence electrons. The largest absolute Gasteiger partial charge is 0.496 e. The molecular formula is C12H12FNO3. The van der Waals surface area contributed by atoms with E-state index in [9.17, 15) is 14.0 Å². The second-order valence-electron chi connectivity index (χ2n) is 3.90. The number of hydrogen-bond donors (Lipinski definition) is 0. The maximum Gasteiger partial charge on any atom is 0.237 e. The van der Waals surface area contributed by atoms with Gasteiger partial charge in [-0.1, -0.05) is 6.07 Å². The Hall–Kier alpha value is -1.91. The fraction of sp³-hybridized carbons (Fsp3) is 0.333. The van der Waals surface area contributed by atoms with Gasteiger partial charge in [-0.05, 0) is 12.1 Å². The number of likely N-dealkylation sites (tertiary alicyclic amines) is 1. The lowest BCUT2D eigenvalue weighted by Gasteiger charge is -2.13. The van der Waals surface area contributed by atoms with Crippen LogP contribution in [0.15, 0.2) is 18.2 Å². The maximum absolute atomic E-state index is 13.8. The van der Waals surface area contributed by atoms with Crippen molar-refractivity contribution in [2.45, 2.75) is 12.3 Å². The molecule has 5 heteroatoms. The highest BCUT2D eigenvalue weighted by Crippen LogP contribution is 2.36. The average Bonchev–Trinajstić information content (AvgIpc) is 2.56. The number of benzene rings is 1. The van der Waals surface area contributed by atoms with Crippen LogP contribution in [0.1, 0.15) is 17.9 Å². The van der Waals surface area contributed by atoms with Gasteiger partial charge in [0, 0.05) is 19.0 Å². The van der Waals surface area contributed by atoms with Crippen molar-refractivity contribution in [1.29, 1.82) is 0 Å². The molecule has 1 aliphatic heterocycles. The van der Waals surface area contributed by atoms with Gasteiger partial charge in [-0.3, -0.25) is 14.5 Å². The monoisotopic (exact) mass is 237 g/mol. The number of methoxy groups -OCH3 is 1. The number of amides is 2. The van der Waals surface area contributed by atoms with Gasteiger partial charge >= 0.3 is 0 Å². The van der Waals surface area contributed by atoms with E-state index in [0.29, 0.717) is 5.75 Å². The van der Waals surface area contributed by atoms with Gasteiger partial charge in [0.15, 0.2) is 0 Å². The second kappa shape index (κ2) is 4.16. The third kappa shape index (κ3) is 1.77. The van der Waals surface area contributed by atoms with Crippen LogP contribution < -0.4 is 4.74 Å². The number of imide groups is 1. The molecule has 0 bridgehead atoms. The lowest BCUT2D eigenvalue weighted by atomic mass is 9.96. The zero-order valence-electron chi connectivity index (χ0n) is 9.57. The third-order valence-corrected chi connectivity index (χ3v) is 2.96. The highest BCUT2D eigenvalue weighted by atomic mass is 19.1. The van der Waals surface area contributed by atoms with E-state index in [1.807, 2.05) is 0 Å². The van der Waals surface area contributed by atoms with Crippen LogP contribution in [-0.2, 0) is 9.59 Å². The van der Waals surface area contributed by atoms with Crippen molar-refractivity contribution in [1.82, 2.24) is 4.90 Å². The van der Waals surface area contributed by atoms with Crippen molar-refractivity contribution in [2.24, 2.45) is 0 Å². The number of nitrogens with zero attached hydrogens (tertiary/aromatic N) is 1. The average molecular weight is 237 g/mol. The summed E-state index contributed by atoms with van der Waals surface area (Å²) in [5, 5.41) is 0. The van der Waals surface area contributed by atoms with Crippen molar-refractivity contribution in [2.75, 3.05) is 14.2 Å². The Morgan fingerprint density at radius 1 is 1.41 bits per heavy atom. The van der Waals surface area contributed by atoms with E-state index in [1.54, 1.807) is 6.07 Å². The van der Waals surface area contributed by atoms with Gasteiger partial charge in [-0.25, -0.2) is 4.39 Å². The van der Waals surface area contributed by atoms with E-state index >= 15 is 0 Å². The summed E-state index contributed by atoms with van der Waals surface area (Å²) >= 11 is 0. The van der Waals surface area contributed by atoms with Gasteiger partial charge < -0.3 is 4.74 Å². The summed E-state index contributed by atoms with van der Waals surface area (Å²) < 4.78 is 18.8. The highest BCUT2D eigenvalue weighted by Gasteiger charge is 2.39. The zero-order valence-corrected chi connectivity index (χ0v) is 9.57. The van der Waals surface area contributed by atoms with E-state index in [4.69, 9.17) is 4.74 Å². The van der Waals surface area contributed by atoms with Crippen molar-refractivity contribution in [3.8, 4) is 5.75 Å². The summed E-state index contributed by atoms with van der Waals surface area (Å²) in [6.07, 6.45) is -0.00731. The lowest BCUT2D eigenvalue weighted by molar-refractivity contribution is -0.137. The molecule has 1 aromatic rings. The molecule has 1 fully saturated rings. The van der Waals surface area contributed by atoms with Crippen molar-refractivity contribution < 1.29 is 18.7 Å². The summed E-state index contributed by atoms with van der Waals surface area (Å²) in [7, 11) is 2.81. The normalized spacial score (nSPS) is 19.9. The lowest BCUT2D eigenvalue weighted by Crippen LogP contribution is -2.25. The molecule has 1 atom stereocenters. The van der Waals surface area contributed by atoms with Gasteiger partial charge in [0.2, 0.25) is 11.8 Å². The molecule has 1 aromatic carbocycles. The Balaban J connectivity index is 2.48. The SMILES string of the molecule is COc1cccc(F)c1C1CC(=O)N(C)C1=O. The van der Waals surface area contributed by atoms with Crippen molar-refractivity contribution in [3.05, 3.63) is 29.6 Å². The number of rotatable bonds is 2. The van der Waals surface area contributed by atoms with Crippen LogP contribution in [0.25, 0.3) is 0 Å². The molecule has 0 spiro atoms. The van der Waals surface area contributed by atoms with Gasteiger partial charge in [-0.2, -0.15) is 0 Å². The molecule has 1 heterocycles. The molecule has 0 aromatic heterocycles. The minimum Gasteiger partial charge on any atom is -0.496 e. The predicted molar refractivity (Wildman–Crippen MR) is 58.1 cm³/mol. The van der Waals surface area contributed by atoms with E-state index in [1.165, 1.54) is 26.3 Å². The Labute approximate surface area is 98.0 Å². The first-order valence-corrected chi connectivity index (χ1v) is 5.19. The molecule has 0 radical (unpaired) electrons. The Morgan fingerprint density at radius 2 is 2.12 bits per heavy atom. The number of hydrogen-bond acceptors (Lipinski definition) is 3. The molecule has 1 saturated heterocycles. The molecule has 1 aliphatic rings. The van der Waals surface area contributed by atoms with Gasteiger partial charge in [0.25, 0.3) is 0 Å². The summed E-state index contributed by atoms with van der Waals surface area (Å²) in [4.78, 5) is 24.3. The maximum atomic E-state index is 13.8. The number of carbonyl (C=O) groups excluding carboxylic acids is 2. The number of ether oxygens (including phenoxy) is 1. The fourth-order valence-corrected chi connectivity index (χ4v) is 2.01. The van der Waals surface area contributed by atoms with Crippen LogP contribution in [0.3, 0.4) is 0 Å². The summed E-state index contributed by atoms with van der Waals surface area (Å²) in [6, 6.07) is 4.34. The number of likely N-dealkylation sites (N-methyl/N-ethyl adjacent to an activating group) is 1. The van der Waals surface area contributed by atoms with Crippen LogP contribution in [0, 0.1) is 5.82 Å². The van der Waals surface area contributed by atoms with Crippen LogP contribution >= 0.6 is 0 Å². The molecular weight excluding hydrogens is 225 g/mol. The minimum atomic E-state index is -0.774. The second-order valence-corrected chi connectivity index (χ2v) is 3.90. The Bertz CT molecular complexity index is 487. The first-order valence-electron chi connectivity index (χ1n) is 5.19. The number of halogens is 1. The molecule has 4 nitrogen and oxygen atoms in total. The molecule has 0 aliphatic carbocycles. The van der Waals surface area contributed by atoms with Gasteiger partial charge in [0.05, 0.1) is 13.0 Å². The quantitative estimate of drug-likeness (QED) is 0.728. The first-order chi connectivity index (χ1) is 8.06. The van der Waals surface area contributed by atoms with Crippen LogP contribution in [0.4, 0.5) is 4.39 Å². The molecule has 2 rings (SSSR count). The molecule has 2 amide bonds. The summed E-state index contributed by atoms with van der Waals surface area (Å²) in [6.45, 7) is 0. The summed E-state index contributed by atoms with van der Waals surface area (Å²) in [5.74, 6) is -1.69. The van der Waals surface area contributed by atoms with E-state index < -0.39 is 17.6 Å². The topological polar surface area (TPSA) is 46.6 Å². The number of carbonyl (C=O) groups is 2. The third-order valence-electron chi connectivity index (χ3n) is 2.96. The molecule has 1 unspecified atom stereocenters. The smallest absolute Gasteiger partial charge is 0.237 e. The van der Waals surface area contributed by atoms with Crippen molar-refractivity contribution in [3.63, 3.8) is 0 Å². The van der Waals surface area contributed by atoms with Crippen LogP contribution in [-0.4, -0.2) is 30.9 Å². The van der Waals surface area contributed by atoms with E-state index in [0.717, 1.165) is 4.90 Å². The summed E-state index contributed by atoms with van der Waals surface area (Å²) in [5.41, 5.74) is 0.165. The Kier molecular flexibility index (Phi) is 2.83. The first kappa shape index (κ1) is 11.6. The standard InChI is InChI=1S/C12H12FNO3/c1-14-10(15)6-7(12(14)16)11-8(13)4-3-5-9(11)17-2/h3-5,7H,6H2,1-2H3. The van der Waals surface area contributed by atoms with Gasteiger partial charge in [-0.15, -0.1) is 0 Å². The van der Waals surface area contributed by atoms with Gasteiger partial charge in [0.1, 0.15) is 11.6 Å². The van der Waals surface area contributed by atoms with Crippen molar-refractivity contribution >= 4 is 11.8 Å². The fourth-order valence-electron chi connectivity index (χ4n) is 2.01. The van der Waals surface area contributed by atoms with Crippen LogP contribution in [0.5, 0.6) is 5.75 Å². The zero-order chi connectivity index (χ0) is 12.6. The minimum absolute atomic E-state index is 0.00731.